The Labute approximate surface area is 159 Å². The highest BCUT2D eigenvalue weighted by atomic mass is 16.6. The van der Waals surface area contributed by atoms with Crippen molar-refractivity contribution in [3.05, 3.63) is 48.6 Å². The van der Waals surface area contributed by atoms with Gasteiger partial charge in [-0.2, -0.15) is 0 Å². The van der Waals surface area contributed by atoms with Crippen LogP contribution in [0.3, 0.4) is 0 Å². The first-order valence-electron chi connectivity index (χ1n) is 9.57. The number of rotatable bonds is 9. The monoisotopic (exact) mass is 360 g/mol. The van der Waals surface area contributed by atoms with Crippen LogP contribution in [0.25, 0.3) is 0 Å². The summed E-state index contributed by atoms with van der Waals surface area (Å²) < 4.78 is 5.49. The lowest BCUT2D eigenvalue weighted by atomic mass is 9.97. The van der Waals surface area contributed by atoms with Gasteiger partial charge in [-0.3, -0.25) is 4.90 Å². The lowest BCUT2D eigenvalue weighted by Gasteiger charge is -2.36. The number of alkyl carbamates (subject to hydrolysis) is 1. The number of carbonyl (C=O) groups excluding carboxylic acids is 1. The van der Waals surface area contributed by atoms with Crippen molar-refractivity contribution in [3.63, 3.8) is 0 Å². The normalized spacial score (nSPS) is 15.2. The minimum absolute atomic E-state index is 0.108. The molecular formula is C22H36N2O2. The van der Waals surface area contributed by atoms with Crippen molar-refractivity contribution in [2.45, 2.75) is 65.6 Å². The molecule has 1 N–H and O–H groups in total. The summed E-state index contributed by atoms with van der Waals surface area (Å²) in [5.74, 6) is 0.579. The number of benzene rings is 1. The van der Waals surface area contributed by atoms with E-state index in [-0.39, 0.29) is 18.2 Å². The summed E-state index contributed by atoms with van der Waals surface area (Å²) in [6.45, 7) is 17.9. The third kappa shape index (κ3) is 7.61. The minimum Gasteiger partial charge on any atom is -0.444 e. The first kappa shape index (κ1) is 22.2. The molecule has 1 aromatic carbocycles. The van der Waals surface area contributed by atoms with Crippen LogP contribution in [0.5, 0.6) is 0 Å². The number of ether oxygens (including phenoxy) is 1. The van der Waals surface area contributed by atoms with Gasteiger partial charge in [-0.15, -0.1) is 6.58 Å². The highest BCUT2D eigenvalue weighted by molar-refractivity contribution is 5.68. The van der Waals surface area contributed by atoms with Gasteiger partial charge in [-0.1, -0.05) is 56.7 Å². The van der Waals surface area contributed by atoms with Crippen LogP contribution in [-0.2, 0) is 4.74 Å². The van der Waals surface area contributed by atoms with Gasteiger partial charge in [0.2, 0.25) is 0 Å². The third-order valence-electron chi connectivity index (χ3n) is 4.50. The Hall–Kier alpha value is -1.81. The Morgan fingerprint density at radius 1 is 1.27 bits per heavy atom. The molecule has 0 fully saturated rings. The molecule has 146 valence electrons. The summed E-state index contributed by atoms with van der Waals surface area (Å²) in [6, 6.07) is 10.0. The van der Waals surface area contributed by atoms with Crippen LogP contribution in [0.15, 0.2) is 43.0 Å². The van der Waals surface area contributed by atoms with E-state index in [1.165, 1.54) is 0 Å². The summed E-state index contributed by atoms with van der Waals surface area (Å²) in [7, 11) is 0. The van der Waals surface area contributed by atoms with Crippen molar-refractivity contribution in [2.75, 3.05) is 13.1 Å². The Morgan fingerprint density at radius 3 is 2.38 bits per heavy atom. The maximum atomic E-state index is 12.4. The second-order valence-corrected chi connectivity index (χ2v) is 8.03. The van der Waals surface area contributed by atoms with Crippen LogP contribution < -0.4 is 5.32 Å². The molecule has 0 aliphatic carbocycles. The van der Waals surface area contributed by atoms with E-state index in [0.29, 0.717) is 5.92 Å². The second-order valence-electron chi connectivity index (χ2n) is 8.03. The van der Waals surface area contributed by atoms with E-state index < -0.39 is 5.60 Å². The van der Waals surface area contributed by atoms with E-state index in [1.807, 2.05) is 57.2 Å². The second kappa shape index (κ2) is 10.4. The summed E-state index contributed by atoms with van der Waals surface area (Å²) in [4.78, 5) is 14.8. The predicted octanol–water partition coefficient (Wildman–Crippen LogP) is 5.18. The first-order valence-corrected chi connectivity index (χ1v) is 9.57. The summed E-state index contributed by atoms with van der Waals surface area (Å²) >= 11 is 0. The van der Waals surface area contributed by atoms with Gasteiger partial charge in [0.05, 0.1) is 6.04 Å². The molecule has 0 heterocycles. The lowest BCUT2D eigenvalue weighted by Crippen LogP contribution is -2.47. The van der Waals surface area contributed by atoms with Crippen LogP contribution in [-0.4, -0.2) is 35.7 Å². The lowest BCUT2D eigenvalue weighted by molar-refractivity contribution is 0.0462. The molecule has 1 rings (SSSR count). The average molecular weight is 361 g/mol. The van der Waals surface area contributed by atoms with Crippen LogP contribution >= 0.6 is 0 Å². The van der Waals surface area contributed by atoms with Gasteiger partial charge in [-0.25, -0.2) is 4.79 Å². The highest BCUT2D eigenvalue weighted by Crippen LogP contribution is 2.23. The first-order chi connectivity index (χ1) is 12.2. The van der Waals surface area contributed by atoms with E-state index in [2.05, 4.69) is 37.6 Å². The Kier molecular flexibility index (Phi) is 8.86. The van der Waals surface area contributed by atoms with E-state index in [9.17, 15) is 4.79 Å². The molecule has 0 radical (unpaired) electrons. The highest BCUT2D eigenvalue weighted by Gasteiger charge is 2.28. The molecule has 0 saturated carbocycles. The largest absolute Gasteiger partial charge is 0.444 e. The Balaban J connectivity index is 3.05. The average Bonchev–Trinajstić information content (AvgIpc) is 2.57. The fraction of sp³-hybridized carbons (Fsp3) is 0.591. The molecule has 2 unspecified atom stereocenters. The maximum Gasteiger partial charge on any atom is 0.408 e. The van der Waals surface area contributed by atoms with Crippen molar-refractivity contribution in [1.29, 1.82) is 0 Å². The van der Waals surface area contributed by atoms with Crippen molar-refractivity contribution < 1.29 is 9.53 Å². The van der Waals surface area contributed by atoms with E-state index >= 15 is 0 Å². The fourth-order valence-electron chi connectivity index (χ4n) is 2.89. The maximum absolute atomic E-state index is 12.4. The molecule has 0 aliphatic heterocycles. The zero-order valence-corrected chi connectivity index (χ0v) is 17.3. The SMILES string of the molecule is C=CCN(CC(C)CC)C(C)[C@H](NC(=O)OC(C)(C)C)c1ccccc1. The molecule has 26 heavy (non-hydrogen) atoms. The number of amides is 1. The fourth-order valence-corrected chi connectivity index (χ4v) is 2.89. The molecule has 3 atom stereocenters. The zero-order chi connectivity index (χ0) is 19.7. The Morgan fingerprint density at radius 2 is 1.88 bits per heavy atom. The smallest absolute Gasteiger partial charge is 0.408 e. The van der Waals surface area contributed by atoms with Crippen LogP contribution in [0.2, 0.25) is 0 Å². The van der Waals surface area contributed by atoms with Crippen LogP contribution in [0.1, 0.15) is 59.6 Å². The molecule has 0 aromatic heterocycles. The topological polar surface area (TPSA) is 41.6 Å². The van der Waals surface area contributed by atoms with Gasteiger partial charge in [-0.05, 0) is 39.2 Å². The molecule has 0 spiro atoms. The molecule has 1 aromatic rings. The van der Waals surface area contributed by atoms with Gasteiger partial charge < -0.3 is 10.1 Å². The molecular weight excluding hydrogens is 324 g/mol. The van der Waals surface area contributed by atoms with E-state index in [1.54, 1.807) is 0 Å². The summed E-state index contributed by atoms with van der Waals surface area (Å²) in [5.41, 5.74) is 0.551. The van der Waals surface area contributed by atoms with E-state index in [4.69, 9.17) is 4.74 Å². The quantitative estimate of drug-likeness (QED) is 0.617. The van der Waals surface area contributed by atoms with Gasteiger partial charge in [0.15, 0.2) is 0 Å². The van der Waals surface area contributed by atoms with Crippen molar-refractivity contribution in [2.24, 2.45) is 5.92 Å². The number of carbonyl (C=O) groups is 1. The van der Waals surface area contributed by atoms with Gasteiger partial charge >= 0.3 is 6.09 Å². The molecule has 0 saturated heterocycles. The molecule has 4 nitrogen and oxygen atoms in total. The van der Waals surface area contributed by atoms with Crippen molar-refractivity contribution in [3.8, 4) is 0 Å². The summed E-state index contributed by atoms with van der Waals surface area (Å²) in [6.07, 6.45) is 2.66. The van der Waals surface area contributed by atoms with Gasteiger partial charge in [0, 0.05) is 19.1 Å². The summed E-state index contributed by atoms with van der Waals surface area (Å²) in [5, 5.41) is 3.08. The molecule has 1 amide bonds. The number of hydrogen-bond acceptors (Lipinski definition) is 3. The molecule has 0 bridgehead atoms. The van der Waals surface area contributed by atoms with Crippen molar-refractivity contribution >= 4 is 6.09 Å². The standard InChI is InChI=1S/C22H36N2O2/c1-8-15-24(16-17(3)9-2)18(4)20(19-13-11-10-12-14-19)23-21(25)26-22(5,6)7/h8,10-14,17-18,20H,1,9,15-16H2,2-7H3,(H,23,25)/t17?,18?,20-/m0/s1. The number of nitrogens with one attached hydrogen (secondary N) is 1. The zero-order valence-electron chi connectivity index (χ0n) is 17.3. The van der Waals surface area contributed by atoms with Gasteiger partial charge in [0.1, 0.15) is 5.60 Å². The van der Waals surface area contributed by atoms with Crippen LogP contribution in [0.4, 0.5) is 4.79 Å². The molecule has 4 heteroatoms. The number of nitrogens with zero attached hydrogens (tertiary/aromatic N) is 1. The third-order valence-corrected chi connectivity index (χ3v) is 4.50. The minimum atomic E-state index is -0.522. The Bertz CT molecular complexity index is 551. The van der Waals surface area contributed by atoms with Crippen LogP contribution in [0, 0.1) is 5.92 Å². The number of hydrogen-bond donors (Lipinski definition) is 1. The van der Waals surface area contributed by atoms with Gasteiger partial charge in [0.25, 0.3) is 0 Å². The van der Waals surface area contributed by atoms with E-state index in [0.717, 1.165) is 25.1 Å². The van der Waals surface area contributed by atoms with Crippen molar-refractivity contribution in [1.82, 2.24) is 10.2 Å². The predicted molar refractivity (Wildman–Crippen MR) is 109 cm³/mol. The molecule has 0 aliphatic rings.